The van der Waals surface area contributed by atoms with E-state index in [4.69, 9.17) is 6.42 Å². The number of carbonyl (C=O) groups excluding carboxylic acids is 1. The molecule has 3 heteroatoms. The highest BCUT2D eigenvalue weighted by atomic mass is 32.2. The predicted molar refractivity (Wildman–Crippen MR) is 60.5 cm³/mol. The minimum Gasteiger partial charge on any atom is -0.304 e. The maximum atomic E-state index is 11.3. The van der Waals surface area contributed by atoms with Gasteiger partial charge in [-0.05, 0) is 24.3 Å². The lowest BCUT2D eigenvalue weighted by molar-refractivity contribution is -0.113. The number of carbonyl (C=O) groups is 1. The van der Waals surface area contributed by atoms with Gasteiger partial charge in [-0.3, -0.25) is 4.79 Å². The van der Waals surface area contributed by atoms with Crippen LogP contribution < -0.4 is 4.90 Å². The van der Waals surface area contributed by atoms with Crippen molar-refractivity contribution in [2.24, 2.45) is 0 Å². The first kappa shape index (κ1) is 10.7. The van der Waals surface area contributed by atoms with Crippen LogP contribution in [0.5, 0.6) is 0 Å². The third-order valence-corrected chi connectivity index (χ3v) is 2.66. The Morgan fingerprint density at radius 2 is 2.14 bits per heavy atom. The van der Waals surface area contributed by atoms with E-state index in [0.717, 1.165) is 10.6 Å². The third-order valence-electron chi connectivity index (χ3n) is 1.87. The molecule has 1 aromatic rings. The van der Waals surface area contributed by atoms with Crippen LogP contribution in [0.2, 0.25) is 0 Å². The maximum Gasteiger partial charge on any atom is 0.302 e. The fourth-order valence-corrected chi connectivity index (χ4v) is 1.74. The number of terminal acetylenes is 1. The van der Waals surface area contributed by atoms with Crippen LogP contribution in [0, 0.1) is 12.3 Å². The Kier molecular flexibility index (Phi) is 3.61. The standard InChI is InChI=1S/C11H11NOS/c1-4-11(13)12(2)9-7-5-6-8-10(9)14-3/h1,5-8H,2-3H3. The van der Waals surface area contributed by atoms with Crippen molar-refractivity contribution in [3.05, 3.63) is 24.3 Å². The van der Waals surface area contributed by atoms with Crippen LogP contribution >= 0.6 is 11.8 Å². The summed E-state index contributed by atoms with van der Waals surface area (Å²) in [4.78, 5) is 13.8. The van der Waals surface area contributed by atoms with E-state index < -0.39 is 0 Å². The summed E-state index contributed by atoms with van der Waals surface area (Å²) in [6, 6.07) is 7.65. The van der Waals surface area contributed by atoms with Gasteiger partial charge in [-0.1, -0.05) is 12.1 Å². The first-order chi connectivity index (χ1) is 6.70. The van der Waals surface area contributed by atoms with Crippen LogP contribution in [-0.2, 0) is 4.79 Å². The zero-order valence-electron chi connectivity index (χ0n) is 8.15. The third kappa shape index (κ3) is 2.09. The highest BCUT2D eigenvalue weighted by molar-refractivity contribution is 7.98. The second-order valence-electron chi connectivity index (χ2n) is 2.68. The number of rotatable bonds is 2. The fourth-order valence-electron chi connectivity index (χ4n) is 1.11. The topological polar surface area (TPSA) is 20.3 Å². The molecular formula is C11H11NOS. The molecule has 0 aliphatic heterocycles. The summed E-state index contributed by atoms with van der Waals surface area (Å²) in [7, 11) is 1.68. The zero-order chi connectivity index (χ0) is 10.6. The number of hydrogen-bond acceptors (Lipinski definition) is 2. The van der Waals surface area contributed by atoms with Crippen LogP contribution in [0.1, 0.15) is 0 Å². The summed E-state index contributed by atoms with van der Waals surface area (Å²) in [5, 5.41) is 0. The Balaban J connectivity index is 3.07. The van der Waals surface area contributed by atoms with Crippen LogP contribution in [0.3, 0.4) is 0 Å². The molecule has 0 aliphatic rings. The number of nitrogens with zero attached hydrogens (tertiary/aromatic N) is 1. The minimum absolute atomic E-state index is 0.327. The number of para-hydroxylation sites is 1. The molecule has 2 nitrogen and oxygen atoms in total. The van der Waals surface area contributed by atoms with Gasteiger partial charge in [-0.2, -0.15) is 0 Å². The quantitative estimate of drug-likeness (QED) is 0.543. The Bertz CT molecular complexity index is 381. The Morgan fingerprint density at radius 3 is 2.71 bits per heavy atom. The second kappa shape index (κ2) is 4.73. The van der Waals surface area contributed by atoms with Crippen molar-refractivity contribution in [3.8, 4) is 12.3 Å². The first-order valence-corrected chi connectivity index (χ1v) is 5.30. The van der Waals surface area contributed by atoms with Crippen molar-refractivity contribution in [1.29, 1.82) is 0 Å². The molecule has 14 heavy (non-hydrogen) atoms. The van der Waals surface area contributed by atoms with E-state index in [9.17, 15) is 4.79 Å². The monoisotopic (exact) mass is 205 g/mol. The summed E-state index contributed by atoms with van der Waals surface area (Å²) in [6.45, 7) is 0. The van der Waals surface area contributed by atoms with Crippen LogP contribution in [-0.4, -0.2) is 19.2 Å². The van der Waals surface area contributed by atoms with E-state index in [1.807, 2.05) is 30.5 Å². The van der Waals surface area contributed by atoms with Gasteiger partial charge in [0.25, 0.3) is 0 Å². The van der Waals surface area contributed by atoms with Crippen LogP contribution in [0.15, 0.2) is 29.2 Å². The lowest BCUT2D eigenvalue weighted by Gasteiger charge is -2.16. The van der Waals surface area contributed by atoms with Crippen LogP contribution in [0.25, 0.3) is 0 Å². The van der Waals surface area contributed by atoms with Crippen molar-refractivity contribution in [3.63, 3.8) is 0 Å². The zero-order valence-corrected chi connectivity index (χ0v) is 8.97. The summed E-state index contributed by atoms with van der Waals surface area (Å²) in [5.41, 5.74) is 0.850. The molecule has 0 unspecified atom stereocenters. The van der Waals surface area contributed by atoms with Gasteiger partial charge in [0.1, 0.15) is 0 Å². The number of benzene rings is 1. The molecule has 0 radical (unpaired) electrons. The van der Waals surface area contributed by atoms with Crippen molar-refractivity contribution in [1.82, 2.24) is 0 Å². The van der Waals surface area contributed by atoms with Gasteiger partial charge in [-0.15, -0.1) is 18.2 Å². The number of amides is 1. The van der Waals surface area contributed by atoms with Gasteiger partial charge in [0, 0.05) is 11.9 Å². The highest BCUT2D eigenvalue weighted by Gasteiger charge is 2.10. The maximum absolute atomic E-state index is 11.3. The average Bonchev–Trinajstić information content (AvgIpc) is 2.26. The van der Waals surface area contributed by atoms with Gasteiger partial charge in [-0.25, -0.2) is 0 Å². The molecule has 0 bridgehead atoms. The molecule has 0 atom stereocenters. The minimum atomic E-state index is -0.327. The second-order valence-corrected chi connectivity index (χ2v) is 3.53. The van der Waals surface area contributed by atoms with Gasteiger partial charge >= 0.3 is 5.91 Å². The van der Waals surface area contributed by atoms with Crippen molar-refractivity contribution < 1.29 is 4.79 Å². The van der Waals surface area contributed by atoms with E-state index in [0.29, 0.717) is 0 Å². The highest BCUT2D eigenvalue weighted by Crippen LogP contribution is 2.27. The number of hydrogen-bond donors (Lipinski definition) is 0. The average molecular weight is 205 g/mol. The SMILES string of the molecule is C#CC(=O)N(C)c1ccccc1SC. The molecule has 0 N–H and O–H groups in total. The number of thioether (sulfide) groups is 1. The predicted octanol–water partition coefficient (Wildman–Crippen LogP) is 2.00. The van der Waals surface area contributed by atoms with Crippen molar-refractivity contribution in [2.45, 2.75) is 4.90 Å². The summed E-state index contributed by atoms with van der Waals surface area (Å²) >= 11 is 1.59. The first-order valence-electron chi connectivity index (χ1n) is 4.08. The molecule has 0 saturated heterocycles. The lowest BCUT2D eigenvalue weighted by Crippen LogP contribution is -2.24. The summed E-state index contributed by atoms with van der Waals surface area (Å²) in [5.74, 6) is 1.76. The van der Waals surface area contributed by atoms with Gasteiger partial charge < -0.3 is 4.90 Å². The molecule has 0 aliphatic carbocycles. The molecular weight excluding hydrogens is 194 g/mol. The molecule has 1 rings (SSSR count). The fraction of sp³-hybridized carbons (Fsp3) is 0.182. The Labute approximate surface area is 88.3 Å². The van der Waals surface area contributed by atoms with E-state index >= 15 is 0 Å². The van der Waals surface area contributed by atoms with E-state index in [2.05, 4.69) is 5.92 Å². The van der Waals surface area contributed by atoms with Gasteiger partial charge in [0.05, 0.1) is 5.69 Å². The van der Waals surface area contributed by atoms with Crippen LogP contribution in [0.4, 0.5) is 5.69 Å². The molecule has 0 heterocycles. The van der Waals surface area contributed by atoms with E-state index in [1.165, 1.54) is 4.90 Å². The summed E-state index contributed by atoms with van der Waals surface area (Å²) < 4.78 is 0. The van der Waals surface area contributed by atoms with E-state index in [-0.39, 0.29) is 5.91 Å². The van der Waals surface area contributed by atoms with Gasteiger partial charge in [0.2, 0.25) is 0 Å². The Hall–Kier alpha value is -1.40. The molecule has 0 aromatic heterocycles. The lowest BCUT2D eigenvalue weighted by atomic mass is 10.3. The number of anilines is 1. The molecule has 1 amide bonds. The largest absolute Gasteiger partial charge is 0.304 e. The van der Waals surface area contributed by atoms with E-state index in [1.54, 1.807) is 18.8 Å². The molecule has 0 spiro atoms. The smallest absolute Gasteiger partial charge is 0.302 e. The van der Waals surface area contributed by atoms with Crippen molar-refractivity contribution >= 4 is 23.4 Å². The molecule has 0 fully saturated rings. The van der Waals surface area contributed by atoms with Gasteiger partial charge in [0.15, 0.2) is 0 Å². The molecule has 0 saturated carbocycles. The molecule has 1 aromatic carbocycles. The summed E-state index contributed by atoms with van der Waals surface area (Å²) in [6.07, 6.45) is 7.02. The van der Waals surface area contributed by atoms with Crippen molar-refractivity contribution in [2.75, 3.05) is 18.2 Å². The normalized spacial score (nSPS) is 9.21. The molecule has 72 valence electrons. The Morgan fingerprint density at radius 1 is 1.50 bits per heavy atom.